The number of benzene rings is 1. The summed E-state index contributed by atoms with van der Waals surface area (Å²) in [6.45, 7) is 6.50. The maximum Gasteiger partial charge on any atom is 0.144 e. The predicted molar refractivity (Wildman–Crippen MR) is 76.1 cm³/mol. The van der Waals surface area contributed by atoms with Gasteiger partial charge in [0.15, 0.2) is 0 Å². The van der Waals surface area contributed by atoms with Crippen molar-refractivity contribution in [2.45, 2.75) is 33.6 Å². The van der Waals surface area contributed by atoms with Gasteiger partial charge in [-0.25, -0.2) is 4.39 Å². The molecule has 19 heavy (non-hydrogen) atoms. The summed E-state index contributed by atoms with van der Waals surface area (Å²) in [4.78, 5) is 0. The average molecular weight is 267 g/mol. The number of halogens is 1. The molecule has 0 aromatic heterocycles. The van der Waals surface area contributed by atoms with Crippen molar-refractivity contribution in [1.29, 1.82) is 0 Å². The Morgan fingerprint density at radius 2 is 2.16 bits per heavy atom. The normalized spacial score (nSPS) is 12.5. The molecule has 0 saturated carbocycles. The van der Waals surface area contributed by atoms with E-state index in [1.165, 1.54) is 12.1 Å². The van der Waals surface area contributed by atoms with Crippen molar-refractivity contribution in [1.82, 2.24) is 0 Å². The first-order valence-corrected chi connectivity index (χ1v) is 6.35. The molecule has 1 rings (SSSR count). The van der Waals surface area contributed by atoms with Crippen LogP contribution in [-0.4, -0.2) is 17.6 Å². The van der Waals surface area contributed by atoms with Crippen LogP contribution in [0.5, 0.6) is 0 Å². The summed E-state index contributed by atoms with van der Waals surface area (Å²) >= 11 is 0. The number of nitrogens with zero attached hydrogens (tertiary/aromatic N) is 1. The molecule has 4 nitrogen and oxygen atoms in total. The molecule has 0 saturated heterocycles. The monoisotopic (exact) mass is 267 g/mol. The zero-order valence-electron chi connectivity index (χ0n) is 11.7. The van der Waals surface area contributed by atoms with Gasteiger partial charge < -0.3 is 16.3 Å². The summed E-state index contributed by atoms with van der Waals surface area (Å²) < 4.78 is 12.9. The van der Waals surface area contributed by atoms with Gasteiger partial charge in [0.2, 0.25) is 0 Å². The van der Waals surface area contributed by atoms with Crippen molar-refractivity contribution in [2.75, 3.05) is 11.9 Å². The molecule has 0 aliphatic carbocycles. The Kier molecular flexibility index (Phi) is 5.15. The van der Waals surface area contributed by atoms with Crippen LogP contribution in [0.3, 0.4) is 0 Å². The smallest absolute Gasteiger partial charge is 0.144 e. The first-order chi connectivity index (χ1) is 8.86. The highest BCUT2D eigenvalue weighted by Crippen LogP contribution is 2.23. The molecule has 0 aliphatic rings. The largest absolute Gasteiger partial charge is 0.409 e. The Morgan fingerprint density at radius 1 is 1.47 bits per heavy atom. The zero-order chi connectivity index (χ0) is 14.5. The molecule has 0 unspecified atom stereocenters. The lowest BCUT2D eigenvalue weighted by Gasteiger charge is -2.22. The van der Waals surface area contributed by atoms with Crippen molar-refractivity contribution < 1.29 is 9.60 Å². The van der Waals surface area contributed by atoms with E-state index in [9.17, 15) is 4.39 Å². The third-order valence-corrected chi connectivity index (χ3v) is 3.28. The van der Waals surface area contributed by atoms with E-state index in [0.29, 0.717) is 0 Å². The molecule has 0 bridgehead atoms. The Hall–Kier alpha value is -1.78. The minimum absolute atomic E-state index is 0.226. The number of nitrogens with two attached hydrogens (primary N) is 1. The van der Waals surface area contributed by atoms with Crippen molar-refractivity contribution in [3.8, 4) is 0 Å². The van der Waals surface area contributed by atoms with Gasteiger partial charge in [0.05, 0.1) is 0 Å². The Balaban J connectivity index is 2.43. The van der Waals surface area contributed by atoms with E-state index in [4.69, 9.17) is 10.9 Å². The molecule has 1 aromatic rings. The molecular weight excluding hydrogens is 245 g/mol. The number of amidine groups is 1. The number of rotatable bonds is 6. The average Bonchev–Trinajstić information content (AvgIpc) is 2.35. The minimum atomic E-state index is -0.325. The van der Waals surface area contributed by atoms with Crippen molar-refractivity contribution in [3.05, 3.63) is 29.6 Å². The summed E-state index contributed by atoms with van der Waals surface area (Å²) in [7, 11) is 0. The zero-order valence-corrected chi connectivity index (χ0v) is 11.7. The molecule has 0 spiro atoms. The standard InChI is InChI=1S/C14H22FN3O/c1-10-9-11(15)5-6-12(10)17-8-4-7-14(2,3)13(16)18-19/h5-6,9,17,19H,4,7-8H2,1-3H3,(H2,16,18). The molecule has 0 fully saturated rings. The van der Waals surface area contributed by atoms with Crippen LogP contribution in [0.2, 0.25) is 0 Å². The van der Waals surface area contributed by atoms with Crippen molar-refractivity contribution in [3.63, 3.8) is 0 Å². The number of aryl methyl sites for hydroxylation is 1. The lowest BCUT2D eigenvalue weighted by Crippen LogP contribution is -2.32. The number of nitrogens with one attached hydrogen (secondary N) is 1. The molecule has 5 heteroatoms. The second-order valence-electron chi connectivity index (χ2n) is 5.36. The number of anilines is 1. The first-order valence-electron chi connectivity index (χ1n) is 6.35. The second-order valence-corrected chi connectivity index (χ2v) is 5.36. The highest BCUT2D eigenvalue weighted by Gasteiger charge is 2.22. The Morgan fingerprint density at radius 3 is 2.74 bits per heavy atom. The van der Waals surface area contributed by atoms with Crippen molar-refractivity contribution >= 4 is 11.5 Å². The van der Waals surface area contributed by atoms with E-state index in [2.05, 4.69) is 10.5 Å². The first kappa shape index (κ1) is 15.3. The second kappa shape index (κ2) is 6.41. The van der Waals surface area contributed by atoms with Crippen LogP contribution in [0.4, 0.5) is 10.1 Å². The lowest BCUT2D eigenvalue weighted by molar-refractivity contribution is 0.305. The summed E-state index contributed by atoms with van der Waals surface area (Å²) in [5, 5.41) is 15.0. The number of hydrogen-bond donors (Lipinski definition) is 3. The highest BCUT2D eigenvalue weighted by atomic mass is 19.1. The van der Waals surface area contributed by atoms with Gasteiger partial charge in [-0.3, -0.25) is 0 Å². The maximum atomic E-state index is 12.9. The molecule has 1 aromatic carbocycles. The Bertz CT molecular complexity index is 458. The number of oxime groups is 1. The van der Waals surface area contributed by atoms with Gasteiger partial charge in [0.25, 0.3) is 0 Å². The summed E-state index contributed by atoms with van der Waals surface area (Å²) in [5.74, 6) is 0.0153. The molecule has 4 N–H and O–H groups in total. The van der Waals surface area contributed by atoms with Crippen molar-refractivity contribution in [2.24, 2.45) is 16.3 Å². The van der Waals surface area contributed by atoms with E-state index >= 15 is 0 Å². The molecule has 0 atom stereocenters. The fourth-order valence-corrected chi connectivity index (χ4v) is 1.84. The van der Waals surface area contributed by atoms with Gasteiger partial charge in [-0.1, -0.05) is 19.0 Å². The fraction of sp³-hybridized carbons (Fsp3) is 0.500. The van der Waals surface area contributed by atoms with Crippen LogP contribution in [0.25, 0.3) is 0 Å². The highest BCUT2D eigenvalue weighted by molar-refractivity contribution is 5.85. The van der Waals surface area contributed by atoms with E-state index in [-0.39, 0.29) is 17.1 Å². The predicted octanol–water partition coefficient (Wildman–Crippen LogP) is 3.10. The third kappa shape index (κ3) is 4.43. The van der Waals surface area contributed by atoms with Crippen LogP contribution in [0.1, 0.15) is 32.3 Å². The summed E-state index contributed by atoms with van der Waals surface area (Å²) in [6, 6.07) is 4.68. The molecule has 0 amide bonds. The number of hydrogen-bond acceptors (Lipinski definition) is 3. The molecule has 0 heterocycles. The van der Waals surface area contributed by atoms with E-state index < -0.39 is 0 Å². The molecule has 106 valence electrons. The lowest BCUT2D eigenvalue weighted by atomic mass is 9.86. The summed E-state index contributed by atoms with van der Waals surface area (Å²) in [6.07, 6.45) is 1.68. The van der Waals surface area contributed by atoms with E-state index in [0.717, 1.165) is 30.6 Å². The SMILES string of the molecule is Cc1cc(F)ccc1NCCCC(C)(C)C(N)=NO. The van der Waals surface area contributed by atoms with Crippen LogP contribution < -0.4 is 11.1 Å². The quantitative estimate of drug-likeness (QED) is 0.244. The van der Waals surface area contributed by atoms with Gasteiger partial charge >= 0.3 is 0 Å². The summed E-state index contributed by atoms with van der Waals surface area (Å²) in [5.41, 5.74) is 7.12. The van der Waals surface area contributed by atoms with E-state index in [1.807, 2.05) is 20.8 Å². The third-order valence-electron chi connectivity index (χ3n) is 3.28. The fourth-order valence-electron chi connectivity index (χ4n) is 1.84. The maximum absolute atomic E-state index is 12.9. The van der Waals surface area contributed by atoms with Gasteiger partial charge in [0.1, 0.15) is 11.7 Å². The van der Waals surface area contributed by atoms with Gasteiger partial charge in [-0.2, -0.15) is 0 Å². The molecule has 0 radical (unpaired) electrons. The van der Waals surface area contributed by atoms with E-state index in [1.54, 1.807) is 6.07 Å². The molecular formula is C14H22FN3O. The topological polar surface area (TPSA) is 70.6 Å². The minimum Gasteiger partial charge on any atom is -0.409 e. The van der Waals surface area contributed by atoms with Crippen LogP contribution >= 0.6 is 0 Å². The Labute approximate surface area is 113 Å². The van der Waals surface area contributed by atoms with Gasteiger partial charge in [-0.15, -0.1) is 0 Å². The van der Waals surface area contributed by atoms with Crippen LogP contribution in [0.15, 0.2) is 23.4 Å². The molecule has 0 aliphatic heterocycles. The van der Waals surface area contributed by atoms with Gasteiger partial charge in [-0.05, 0) is 43.5 Å². The van der Waals surface area contributed by atoms with Gasteiger partial charge in [0, 0.05) is 17.6 Å². The van der Waals surface area contributed by atoms with Crippen LogP contribution in [0, 0.1) is 18.2 Å². The van der Waals surface area contributed by atoms with Crippen LogP contribution in [-0.2, 0) is 0 Å².